The molecule has 2 aliphatic heterocycles. The normalized spacial score (nSPS) is 19.6. The average molecular weight is 373 g/mol. The van der Waals surface area contributed by atoms with Crippen molar-refractivity contribution in [2.45, 2.75) is 5.41 Å². The summed E-state index contributed by atoms with van der Waals surface area (Å²) >= 11 is 0. The van der Waals surface area contributed by atoms with Crippen LogP contribution < -0.4 is 15.8 Å². The number of amides is 1. The highest BCUT2D eigenvalue weighted by Gasteiger charge is 2.58. The highest BCUT2D eigenvalue weighted by atomic mass is 19.1. The number of rotatable bonds is 1. The van der Waals surface area contributed by atoms with Crippen molar-refractivity contribution in [1.82, 2.24) is 10.2 Å². The number of hydrogen-bond acceptors (Lipinski definition) is 5. The van der Waals surface area contributed by atoms with Crippen LogP contribution in [-0.4, -0.2) is 16.1 Å². The highest BCUT2D eigenvalue weighted by molar-refractivity contribution is 6.13. The van der Waals surface area contributed by atoms with Gasteiger partial charge in [-0.3, -0.25) is 9.89 Å². The average Bonchev–Trinajstić information content (AvgIpc) is 3.23. The molecule has 0 saturated carbocycles. The summed E-state index contributed by atoms with van der Waals surface area (Å²) in [5, 5.41) is 19.6. The van der Waals surface area contributed by atoms with Crippen molar-refractivity contribution in [2.24, 2.45) is 5.73 Å². The number of nitrogens with zero attached hydrogens (tertiary/aromatic N) is 2. The maximum absolute atomic E-state index is 14.2. The Morgan fingerprint density at radius 1 is 1.21 bits per heavy atom. The van der Waals surface area contributed by atoms with Gasteiger partial charge in [-0.05, 0) is 18.2 Å². The van der Waals surface area contributed by atoms with Gasteiger partial charge in [0, 0.05) is 16.8 Å². The Morgan fingerprint density at radius 3 is 2.75 bits per heavy atom. The monoisotopic (exact) mass is 373 g/mol. The van der Waals surface area contributed by atoms with Gasteiger partial charge in [0.2, 0.25) is 17.7 Å². The summed E-state index contributed by atoms with van der Waals surface area (Å²) in [7, 11) is 0. The molecule has 0 saturated heterocycles. The number of nitriles is 1. The van der Waals surface area contributed by atoms with Gasteiger partial charge in [-0.15, -0.1) is 5.10 Å². The van der Waals surface area contributed by atoms with E-state index in [9.17, 15) is 14.4 Å². The van der Waals surface area contributed by atoms with Gasteiger partial charge < -0.3 is 15.8 Å². The first-order chi connectivity index (χ1) is 13.6. The molecule has 4 N–H and O–H groups in total. The van der Waals surface area contributed by atoms with Crippen LogP contribution >= 0.6 is 0 Å². The van der Waals surface area contributed by atoms with Crippen molar-refractivity contribution in [3.8, 4) is 23.2 Å². The first-order valence-electron chi connectivity index (χ1n) is 8.41. The van der Waals surface area contributed by atoms with Gasteiger partial charge in [-0.2, -0.15) is 5.26 Å². The molecule has 0 bridgehead atoms. The van der Waals surface area contributed by atoms with E-state index >= 15 is 0 Å². The van der Waals surface area contributed by atoms with Crippen LogP contribution in [0.15, 0.2) is 60.0 Å². The number of carbonyl (C=O) groups is 1. The molecule has 0 fully saturated rings. The summed E-state index contributed by atoms with van der Waals surface area (Å²) in [5.41, 5.74) is 6.44. The molecule has 7 nitrogen and oxygen atoms in total. The number of ether oxygens (including phenoxy) is 1. The Labute approximate surface area is 158 Å². The van der Waals surface area contributed by atoms with E-state index in [1.54, 1.807) is 0 Å². The van der Waals surface area contributed by atoms with Crippen LogP contribution in [-0.2, 0) is 10.2 Å². The van der Waals surface area contributed by atoms with Gasteiger partial charge in [-0.1, -0.05) is 30.3 Å². The number of carbonyl (C=O) groups excluding carboxylic acids is 1. The van der Waals surface area contributed by atoms with Crippen molar-refractivity contribution in [2.75, 3.05) is 5.32 Å². The minimum absolute atomic E-state index is 0.0719. The summed E-state index contributed by atoms with van der Waals surface area (Å²) in [6.45, 7) is 0. The van der Waals surface area contributed by atoms with Crippen molar-refractivity contribution in [3.63, 3.8) is 0 Å². The zero-order valence-electron chi connectivity index (χ0n) is 14.3. The zero-order valence-corrected chi connectivity index (χ0v) is 14.3. The molecule has 0 unspecified atom stereocenters. The topological polar surface area (TPSA) is 117 Å². The third-order valence-electron chi connectivity index (χ3n) is 5.08. The van der Waals surface area contributed by atoms with Gasteiger partial charge in [0.05, 0.1) is 11.3 Å². The predicted molar refractivity (Wildman–Crippen MR) is 97.3 cm³/mol. The van der Waals surface area contributed by atoms with E-state index in [1.165, 1.54) is 18.2 Å². The lowest BCUT2D eigenvalue weighted by molar-refractivity contribution is -0.118. The number of fused-ring (bicyclic) bond motifs is 4. The Hall–Kier alpha value is -4.12. The van der Waals surface area contributed by atoms with Gasteiger partial charge in [0.1, 0.15) is 22.9 Å². The minimum Gasteiger partial charge on any atom is -0.420 e. The molecule has 136 valence electrons. The molecule has 0 aliphatic carbocycles. The van der Waals surface area contributed by atoms with E-state index in [1.807, 2.05) is 36.4 Å². The number of aromatic amines is 1. The molecule has 0 radical (unpaired) electrons. The Bertz CT molecular complexity index is 1230. The molecule has 28 heavy (non-hydrogen) atoms. The molecule has 1 amide bonds. The minimum atomic E-state index is -1.66. The van der Waals surface area contributed by atoms with Gasteiger partial charge >= 0.3 is 0 Å². The van der Waals surface area contributed by atoms with Crippen LogP contribution in [0.4, 0.5) is 10.1 Å². The second kappa shape index (κ2) is 5.44. The Kier molecular flexibility index (Phi) is 3.12. The lowest BCUT2D eigenvalue weighted by atomic mass is 9.68. The fourth-order valence-corrected chi connectivity index (χ4v) is 3.94. The van der Waals surface area contributed by atoms with E-state index in [2.05, 4.69) is 15.5 Å². The fraction of sp³-hybridized carbons (Fsp3) is 0.0500. The molecule has 1 aromatic heterocycles. The van der Waals surface area contributed by atoms with Crippen LogP contribution in [0.5, 0.6) is 5.88 Å². The second-order valence-electron chi connectivity index (χ2n) is 6.49. The van der Waals surface area contributed by atoms with Crippen molar-refractivity contribution >= 4 is 11.6 Å². The van der Waals surface area contributed by atoms with Gasteiger partial charge in [0.15, 0.2) is 0 Å². The zero-order chi connectivity index (χ0) is 19.5. The number of nitrogens with two attached hydrogens (primary N) is 1. The molecule has 2 aliphatic rings. The molecular formula is C20H12FN5O2. The highest BCUT2D eigenvalue weighted by Crippen LogP contribution is 2.55. The van der Waals surface area contributed by atoms with E-state index in [4.69, 9.17) is 10.5 Å². The van der Waals surface area contributed by atoms with Crippen molar-refractivity contribution in [3.05, 3.63) is 76.9 Å². The molecule has 3 aromatic rings. The predicted octanol–water partition coefficient (Wildman–Crippen LogP) is 2.54. The third-order valence-corrected chi connectivity index (χ3v) is 5.08. The lowest BCUT2D eigenvalue weighted by Crippen LogP contribution is -2.42. The summed E-state index contributed by atoms with van der Waals surface area (Å²) < 4.78 is 19.7. The molecule has 5 rings (SSSR count). The number of anilines is 1. The van der Waals surface area contributed by atoms with Crippen LogP contribution in [0, 0.1) is 17.1 Å². The van der Waals surface area contributed by atoms with Crippen LogP contribution in [0.3, 0.4) is 0 Å². The fourth-order valence-electron chi connectivity index (χ4n) is 3.94. The second-order valence-corrected chi connectivity index (χ2v) is 6.49. The number of nitrogens with one attached hydrogen (secondary N) is 2. The van der Waals surface area contributed by atoms with Crippen molar-refractivity contribution < 1.29 is 13.9 Å². The van der Waals surface area contributed by atoms with E-state index in [0.29, 0.717) is 22.5 Å². The maximum atomic E-state index is 14.2. The van der Waals surface area contributed by atoms with Crippen LogP contribution in [0.1, 0.15) is 11.1 Å². The van der Waals surface area contributed by atoms with E-state index in [-0.39, 0.29) is 17.3 Å². The SMILES string of the molecule is N#CC1=C(N)Oc2n[nH]c(-c3ccccc3)c2[C@@]12C(=O)Nc1ccc(F)cc12. The van der Waals surface area contributed by atoms with E-state index < -0.39 is 17.1 Å². The van der Waals surface area contributed by atoms with Crippen LogP contribution in [0.25, 0.3) is 11.3 Å². The van der Waals surface area contributed by atoms with E-state index in [0.717, 1.165) is 5.56 Å². The molecule has 1 spiro atoms. The third kappa shape index (κ3) is 1.85. The summed E-state index contributed by atoms with van der Waals surface area (Å²) in [4.78, 5) is 13.3. The number of benzene rings is 2. The number of aromatic nitrogens is 2. The molecular weight excluding hydrogens is 361 g/mol. The number of hydrogen-bond donors (Lipinski definition) is 3. The number of halogens is 1. The summed E-state index contributed by atoms with van der Waals surface area (Å²) in [5.74, 6) is -1.23. The smallest absolute Gasteiger partial charge is 0.245 e. The van der Waals surface area contributed by atoms with Gasteiger partial charge in [0.25, 0.3) is 0 Å². The standard InChI is InChI=1S/C20H12FN5O2/c21-11-6-7-14-12(8-11)20(19(27)24-14)13(9-22)17(23)28-18-15(20)16(25-26-18)10-4-2-1-3-5-10/h1-8H,23H2,(H,24,27)(H,25,26)/t20-/m0/s1. The Morgan fingerprint density at radius 2 is 2.00 bits per heavy atom. The van der Waals surface area contributed by atoms with Crippen molar-refractivity contribution in [1.29, 1.82) is 5.26 Å². The molecule has 2 aromatic carbocycles. The summed E-state index contributed by atoms with van der Waals surface area (Å²) in [6.07, 6.45) is 0. The molecule has 3 heterocycles. The molecule has 8 heteroatoms. The van der Waals surface area contributed by atoms with Gasteiger partial charge in [-0.25, -0.2) is 4.39 Å². The van der Waals surface area contributed by atoms with Crippen LogP contribution in [0.2, 0.25) is 0 Å². The maximum Gasteiger partial charge on any atom is 0.245 e. The first kappa shape index (κ1) is 16.1. The lowest BCUT2D eigenvalue weighted by Gasteiger charge is -2.31. The number of H-pyrrole nitrogens is 1. The summed E-state index contributed by atoms with van der Waals surface area (Å²) in [6, 6.07) is 15.1. The first-order valence-corrected chi connectivity index (χ1v) is 8.41. The largest absolute Gasteiger partial charge is 0.420 e. The quantitative estimate of drug-likeness (QED) is 0.606. The molecule has 1 atom stereocenters. The Balaban J connectivity index is 1.92.